The van der Waals surface area contributed by atoms with Gasteiger partial charge in [-0.15, -0.1) is 0 Å². The summed E-state index contributed by atoms with van der Waals surface area (Å²) >= 11 is 0. The first-order valence-electron chi connectivity index (χ1n) is 7.26. The average molecular weight is 300 g/mol. The Morgan fingerprint density at radius 2 is 1.45 bits per heavy atom. The molecule has 20 heavy (non-hydrogen) atoms. The highest BCUT2D eigenvalue weighted by Gasteiger charge is 2.48. The van der Waals surface area contributed by atoms with E-state index in [1.807, 2.05) is 0 Å². The van der Waals surface area contributed by atoms with E-state index in [4.69, 9.17) is 9.53 Å². The lowest BCUT2D eigenvalue weighted by molar-refractivity contribution is -0.134. The molecule has 4 nitrogen and oxygen atoms in total. The van der Waals surface area contributed by atoms with Crippen LogP contribution in [0.3, 0.4) is 0 Å². The van der Waals surface area contributed by atoms with Crippen LogP contribution in [0.5, 0.6) is 0 Å². The highest BCUT2D eigenvalue weighted by Crippen LogP contribution is 2.42. The fraction of sp³-hybridized carbons (Fsp3) is 0.733. The smallest absolute Gasteiger partial charge is 0.328 e. The molecule has 0 aliphatic rings. The number of carbonyl (C=O) groups excluding carboxylic acids is 1. The van der Waals surface area contributed by atoms with Crippen molar-refractivity contribution in [3.8, 4) is 0 Å². The topological polar surface area (TPSA) is 63.6 Å². The molecule has 0 atom stereocenters. The third-order valence-corrected chi connectivity index (χ3v) is 9.87. The number of aliphatic carboxylic acids is 1. The first-order valence-corrected chi connectivity index (χ1v) is 9.40. The highest BCUT2D eigenvalue weighted by atomic mass is 28.4. The van der Waals surface area contributed by atoms with Gasteiger partial charge in [-0.1, -0.05) is 48.5 Å². The van der Waals surface area contributed by atoms with Crippen molar-refractivity contribution in [2.24, 2.45) is 0 Å². The number of hydrogen-bond acceptors (Lipinski definition) is 3. The molecule has 0 saturated carbocycles. The molecular formula is C15H28O4Si. The Balaban J connectivity index is 5.48. The van der Waals surface area contributed by atoms with E-state index >= 15 is 0 Å². The minimum Gasteiger partial charge on any atom is -0.515 e. The number of carbonyl (C=O) groups is 2. The van der Waals surface area contributed by atoms with Crippen LogP contribution in [0.4, 0.5) is 0 Å². The van der Waals surface area contributed by atoms with Gasteiger partial charge in [-0.3, -0.25) is 0 Å². The van der Waals surface area contributed by atoms with Crippen molar-refractivity contribution >= 4 is 20.3 Å². The third-order valence-electron chi connectivity index (χ3n) is 3.92. The van der Waals surface area contributed by atoms with Crippen LogP contribution in [0.15, 0.2) is 11.6 Å². The molecule has 0 spiro atoms. The second-order valence-corrected chi connectivity index (χ2v) is 11.4. The van der Waals surface area contributed by atoms with E-state index in [9.17, 15) is 9.59 Å². The van der Waals surface area contributed by atoms with Crippen molar-refractivity contribution in [1.82, 2.24) is 0 Å². The Hall–Kier alpha value is -1.10. The van der Waals surface area contributed by atoms with E-state index in [1.165, 1.54) is 0 Å². The Labute approximate surface area is 123 Å². The molecule has 1 N–H and O–H groups in total. The summed E-state index contributed by atoms with van der Waals surface area (Å²) in [7, 11) is -2.30. The van der Waals surface area contributed by atoms with Gasteiger partial charge in [0.25, 0.3) is 8.32 Å². The molecule has 116 valence electrons. The van der Waals surface area contributed by atoms with Gasteiger partial charge >= 0.3 is 11.9 Å². The molecule has 0 rings (SSSR count). The monoisotopic (exact) mass is 300 g/mol. The van der Waals surface area contributed by atoms with E-state index in [-0.39, 0.29) is 22.2 Å². The molecule has 0 aromatic heterocycles. The molecule has 0 aliphatic carbocycles. The lowest BCUT2D eigenvalue weighted by Gasteiger charge is -2.41. The summed E-state index contributed by atoms with van der Waals surface area (Å²) in [5, 5.41) is 8.82. The maximum Gasteiger partial charge on any atom is 0.328 e. The van der Waals surface area contributed by atoms with Crippen molar-refractivity contribution in [2.45, 2.75) is 71.5 Å². The standard InChI is InChI=1S/C15H28O4Si/c1-8-13(9-14(16)17)15(18)19-20(10(2)3,11(4)5)12(6)7/h9-12H,8H2,1-7H3,(H,16,17). The Bertz CT molecular complexity index is 362. The summed E-state index contributed by atoms with van der Waals surface area (Å²) < 4.78 is 5.94. The summed E-state index contributed by atoms with van der Waals surface area (Å²) in [4.78, 5) is 23.1. The van der Waals surface area contributed by atoms with E-state index in [0.29, 0.717) is 6.42 Å². The zero-order chi connectivity index (χ0) is 16.1. The normalized spacial score (nSPS) is 13.2. The second-order valence-electron chi connectivity index (χ2n) is 6.07. The zero-order valence-electron chi connectivity index (χ0n) is 13.7. The molecule has 0 bridgehead atoms. The van der Waals surface area contributed by atoms with Crippen molar-refractivity contribution < 1.29 is 19.1 Å². The van der Waals surface area contributed by atoms with Crippen LogP contribution in [0.25, 0.3) is 0 Å². The van der Waals surface area contributed by atoms with Crippen molar-refractivity contribution in [3.63, 3.8) is 0 Å². The quantitative estimate of drug-likeness (QED) is 0.567. The van der Waals surface area contributed by atoms with Crippen molar-refractivity contribution in [1.29, 1.82) is 0 Å². The SMILES string of the molecule is CCC(=CC(=O)O)C(=O)O[Si](C(C)C)(C(C)C)C(C)C. The molecule has 0 unspecified atom stereocenters. The number of rotatable bonds is 7. The molecule has 0 fully saturated rings. The van der Waals surface area contributed by atoms with Gasteiger partial charge in [0.15, 0.2) is 0 Å². The van der Waals surface area contributed by atoms with Gasteiger partial charge in [-0.25, -0.2) is 9.59 Å². The molecule has 0 saturated heterocycles. The summed E-state index contributed by atoms with van der Waals surface area (Å²) in [6.07, 6.45) is 1.33. The molecule has 0 amide bonds. The average Bonchev–Trinajstić information content (AvgIpc) is 2.30. The Morgan fingerprint density at radius 3 is 1.70 bits per heavy atom. The van der Waals surface area contributed by atoms with E-state index < -0.39 is 20.3 Å². The van der Waals surface area contributed by atoms with Crippen LogP contribution in [0.2, 0.25) is 16.6 Å². The first-order chi connectivity index (χ1) is 9.09. The zero-order valence-corrected chi connectivity index (χ0v) is 14.7. The van der Waals surface area contributed by atoms with Gasteiger partial charge < -0.3 is 9.53 Å². The summed E-state index contributed by atoms with van der Waals surface area (Å²) in [5.41, 5.74) is 1.09. The fourth-order valence-electron chi connectivity index (χ4n) is 3.03. The van der Waals surface area contributed by atoms with Crippen LogP contribution < -0.4 is 0 Å². The van der Waals surface area contributed by atoms with Gasteiger partial charge in [-0.2, -0.15) is 0 Å². The molecular weight excluding hydrogens is 272 g/mol. The first kappa shape index (κ1) is 18.9. The van der Waals surface area contributed by atoms with E-state index in [0.717, 1.165) is 6.08 Å². The largest absolute Gasteiger partial charge is 0.515 e. The maximum absolute atomic E-state index is 12.3. The molecule has 0 heterocycles. The van der Waals surface area contributed by atoms with Crippen LogP contribution >= 0.6 is 0 Å². The lowest BCUT2D eigenvalue weighted by atomic mass is 10.2. The van der Waals surface area contributed by atoms with Crippen molar-refractivity contribution in [3.05, 3.63) is 11.6 Å². The number of hydrogen-bond donors (Lipinski definition) is 1. The van der Waals surface area contributed by atoms with Crippen LogP contribution in [-0.4, -0.2) is 25.4 Å². The third kappa shape index (κ3) is 4.20. The minimum absolute atomic E-state index is 0.233. The van der Waals surface area contributed by atoms with Gasteiger partial charge in [0.2, 0.25) is 0 Å². The number of carboxylic acids is 1. The van der Waals surface area contributed by atoms with Crippen LogP contribution in [-0.2, 0) is 14.0 Å². The fourth-order valence-corrected chi connectivity index (χ4v) is 8.19. The molecule has 0 radical (unpaired) electrons. The summed E-state index contributed by atoms with van der Waals surface area (Å²) in [6.45, 7) is 14.3. The van der Waals surface area contributed by atoms with E-state index in [1.54, 1.807) is 6.92 Å². The van der Waals surface area contributed by atoms with Crippen LogP contribution in [0, 0.1) is 0 Å². The summed E-state index contributed by atoms with van der Waals surface area (Å²) in [5.74, 6) is -1.57. The second kappa shape index (κ2) is 7.62. The summed E-state index contributed by atoms with van der Waals surface area (Å²) in [6, 6.07) is 0. The Kier molecular flexibility index (Phi) is 7.20. The molecule has 0 aliphatic heterocycles. The predicted molar refractivity (Wildman–Crippen MR) is 83.1 cm³/mol. The van der Waals surface area contributed by atoms with E-state index in [2.05, 4.69) is 41.5 Å². The molecule has 0 aromatic carbocycles. The number of carboxylic acid groups (broad SMARTS) is 1. The van der Waals surface area contributed by atoms with Gasteiger partial charge in [0.05, 0.1) is 0 Å². The highest BCUT2D eigenvalue weighted by molar-refractivity contribution is 6.79. The van der Waals surface area contributed by atoms with Crippen LogP contribution in [0.1, 0.15) is 54.9 Å². The lowest BCUT2D eigenvalue weighted by Crippen LogP contribution is -2.49. The minimum atomic E-state index is -2.30. The van der Waals surface area contributed by atoms with Crippen molar-refractivity contribution in [2.75, 3.05) is 0 Å². The predicted octanol–water partition coefficient (Wildman–Crippen LogP) is 4.13. The Morgan fingerprint density at radius 1 is 1.05 bits per heavy atom. The molecule has 5 heteroatoms. The molecule has 0 aromatic rings. The van der Waals surface area contributed by atoms with Gasteiger partial charge in [0, 0.05) is 11.6 Å². The van der Waals surface area contributed by atoms with Gasteiger partial charge in [-0.05, 0) is 23.0 Å². The maximum atomic E-state index is 12.3. The van der Waals surface area contributed by atoms with Gasteiger partial charge in [0.1, 0.15) is 0 Å².